The zero-order valence-corrected chi connectivity index (χ0v) is 14.8. The Hall–Kier alpha value is -2.67. The normalized spacial score (nSPS) is 17.7. The van der Waals surface area contributed by atoms with E-state index < -0.39 is 0 Å². The number of aryl methyl sites for hydroxylation is 1. The van der Waals surface area contributed by atoms with Gasteiger partial charge < -0.3 is 15.0 Å². The molecule has 1 aliphatic carbocycles. The first-order chi connectivity index (χ1) is 12.8. The molecular weight excluding hydrogens is 328 g/mol. The monoisotopic (exact) mass is 350 g/mol. The quantitative estimate of drug-likeness (QED) is 0.753. The molecule has 7 nitrogen and oxygen atoms in total. The number of benzene rings is 1. The van der Waals surface area contributed by atoms with E-state index in [0.717, 1.165) is 54.7 Å². The second-order valence-corrected chi connectivity index (χ2v) is 7.06. The van der Waals surface area contributed by atoms with E-state index >= 15 is 0 Å². The van der Waals surface area contributed by atoms with Gasteiger partial charge in [-0.05, 0) is 43.5 Å². The molecule has 2 aromatic heterocycles. The summed E-state index contributed by atoms with van der Waals surface area (Å²) < 4.78 is 5.45. The molecule has 5 rings (SSSR count). The maximum atomic E-state index is 5.45. The fourth-order valence-electron chi connectivity index (χ4n) is 3.41. The summed E-state index contributed by atoms with van der Waals surface area (Å²) >= 11 is 0. The van der Waals surface area contributed by atoms with Crippen molar-refractivity contribution in [3.8, 4) is 0 Å². The minimum absolute atomic E-state index is 0.500. The zero-order chi connectivity index (χ0) is 17.5. The second kappa shape index (κ2) is 6.25. The highest BCUT2D eigenvalue weighted by atomic mass is 16.5. The van der Waals surface area contributed by atoms with Gasteiger partial charge in [-0.15, -0.1) is 0 Å². The number of H-pyrrole nitrogens is 1. The number of aromatic nitrogens is 4. The van der Waals surface area contributed by atoms with Crippen molar-refractivity contribution in [2.45, 2.75) is 25.7 Å². The van der Waals surface area contributed by atoms with Gasteiger partial charge in [-0.25, -0.2) is 9.97 Å². The summed E-state index contributed by atoms with van der Waals surface area (Å²) in [6.07, 6.45) is 4.12. The zero-order valence-electron chi connectivity index (χ0n) is 14.8. The van der Waals surface area contributed by atoms with Gasteiger partial charge >= 0.3 is 0 Å². The molecule has 2 N–H and O–H groups in total. The third-order valence-corrected chi connectivity index (χ3v) is 5.10. The molecule has 26 heavy (non-hydrogen) atoms. The largest absolute Gasteiger partial charge is 0.378 e. The van der Waals surface area contributed by atoms with E-state index in [0.29, 0.717) is 5.92 Å². The van der Waals surface area contributed by atoms with E-state index in [1.54, 1.807) is 6.20 Å². The highest BCUT2D eigenvalue weighted by molar-refractivity contribution is 5.87. The lowest BCUT2D eigenvalue weighted by atomic mass is 10.1. The van der Waals surface area contributed by atoms with Gasteiger partial charge in [0.1, 0.15) is 16.9 Å². The van der Waals surface area contributed by atoms with E-state index in [9.17, 15) is 0 Å². The summed E-state index contributed by atoms with van der Waals surface area (Å²) in [6.45, 7) is 5.60. The molecule has 2 aliphatic rings. The Balaban J connectivity index is 1.45. The molecule has 2 fully saturated rings. The van der Waals surface area contributed by atoms with Crippen molar-refractivity contribution in [1.82, 2.24) is 20.2 Å². The molecule has 0 amide bonds. The smallest absolute Gasteiger partial charge is 0.160 e. The van der Waals surface area contributed by atoms with Gasteiger partial charge in [0.25, 0.3) is 0 Å². The highest BCUT2D eigenvalue weighted by Crippen LogP contribution is 2.39. The van der Waals surface area contributed by atoms with Gasteiger partial charge in [-0.1, -0.05) is 0 Å². The summed E-state index contributed by atoms with van der Waals surface area (Å²) in [6, 6.07) is 6.51. The Labute approximate surface area is 151 Å². The first-order valence-corrected chi connectivity index (χ1v) is 9.19. The number of ether oxygens (including phenoxy) is 1. The maximum absolute atomic E-state index is 5.45. The number of anilines is 3. The van der Waals surface area contributed by atoms with E-state index in [4.69, 9.17) is 9.72 Å². The molecule has 1 saturated carbocycles. The molecule has 7 heteroatoms. The van der Waals surface area contributed by atoms with Crippen LogP contribution in [0, 0.1) is 6.92 Å². The van der Waals surface area contributed by atoms with E-state index in [1.807, 2.05) is 0 Å². The SMILES string of the molecule is Cc1cc(N2CCOCC2)ccc1Nc1nc(C2CC2)nc2cn[nH]c12. The molecule has 3 heterocycles. The summed E-state index contributed by atoms with van der Waals surface area (Å²) in [4.78, 5) is 11.8. The van der Waals surface area contributed by atoms with Crippen molar-refractivity contribution in [1.29, 1.82) is 0 Å². The van der Waals surface area contributed by atoms with E-state index in [1.165, 1.54) is 24.1 Å². The Morgan fingerprint density at radius 2 is 2.04 bits per heavy atom. The van der Waals surface area contributed by atoms with Crippen LogP contribution in [0.5, 0.6) is 0 Å². The Morgan fingerprint density at radius 1 is 1.19 bits per heavy atom. The number of fused-ring (bicyclic) bond motifs is 1. The van der Waals surface area contributed by atoms with Crippen molar-refractivity contribution in [2.75, 3.05) is 36.5 Å². The number of hydrogen-bond acceptors (Lipinski definition) is 6. The van der Waals surface area contributed by atoms with Crippen molar-refractivity contribution in [2.24, 2.45) is 0 Å². The molecule has 3 aromatic rings. The first kappa shape index (κ1) is 15.6. The first-order valence-electron chi connectivity index (χ1n) is 9.19. The average molecular weight is 350 g/mol. The van der Waals surface area contributed by atoms with Gasteiger partial charge in [-0.3, -0.25) is 5.10 Å². The fraction of sp³-hybridized carbons (Fsp3) is 0.421. The lowest BCUT2D eigenvalue weighted by Crippen LogP contribution is -2.36. The van der Waals surface area contributed by atoms with Crippen LogP contribution in [0.15, 0.2) is 24.4 Å². The van der Waals surface area contributed by atoms with Crippen LogP contribution in [-0.4, -0.2) is 46.5 Å². The number of rotatable bonds is 4. The van der Waals surface area contributed by atoms with Gasteiger partial charge in [0, 0.05) is 30.4 Å². The minimum atomic E-state index is 0.500. The van der Waals surface area contributed by atoms with Gasteiger partial charge in [0.2, 0.25) is 0 Å². The van der Waals surface area contributed by atoms with Crippen LogP contribution in [-0.2, 0) is 4.74 Å². The van der Waals surface area contributed by atoms with E-state index in [2.05, 4.69) is 50.5 Å². The van der Waals surface area contributed by atoms with Crippen LogP contribution in [0.25, 0.3) is 11.0 Å². The molecule has 1 saturated heterocycles. The second-order valence-electron chi connectivity index (χ2n) is 7.06. The van der Waals surface area contributed by atoms with Gasteiger partial charge in [0.15, 0.2) is 5.82 Å². The Bertz CT molecular complexity index is 942. The summed E-state index contributed by atoms with van der Waals surface area (Å²) in [5.41, 5.74) is 5.20. The molecule has 0 atom stereocenters. The topological polar surface area (TPSA) is 79.0 Å². The van der Waals surface area contributed by atoms with Gasteiger partial charge in [-0.2, -0.15) is 5.10 Å². The van der Waals surface area contributed by atoms with Crippen LogP contribution in [0.2, 0.25) is 0 Å². The molecule has 0 radical (unpaired) electrons. The molecule has 1 aromatic carbocycles. The highest BCUT2D eigenvalue weighted by Gasteiger charge is 2.28. The number of morpholine rings is 1. The van der Waals surface area contributed by atoms with Crippen LogP contribution in [0.1, 0.15) is 30.1 Å². The van der Waals surface area contributed by atoms with Crippen LogP contribution >= 0.6 is 0 Å². The third-order valence-electron chi connectivity index (χ3n) is 5.10. The van der Waals surface area contributed by atoms with Crippen LogP contribution in [0.3, 0.4) is 0 Å². The predicted octanol–water partition coefficient (Wildman–Crippen LogP) is 3.12. The predicted molar refractivity (Wildman–Crippen MR) is 101 cm³/mol. The molecule has 0 unspecified atom stereocenters. The van der Waals surface area contributed by atoms with Crippen LogP contribution in [0.4, 0.5) is 17.2 Å². The lowest BCUT2D eigenvalue weighted by Gasteiger charge is -2.29. The van der Waals surface area contributed by atoms with Crippen molar-refractivity contribution < 1.29 is 4.74 Å². The Kier molecular flexibility index (Phi) is 3.74. The Morgan fingerprint density at radius 3 is 2.81 bits per heavy atom. The number of hydrogen-bond donors (Lipinski definition) is 2. The van der Waals surface area contributed by atoms with Crippen molar-refractivity contribution in [3.05, 3.63) is 35.8 Å². The van der Waals surface area contributed by atoms with Crippen LogP contribution < -0.4 is 10.2 Å². The third kappa shape index (κ3) is 2.88. The number of nitrogens with one attached hydrogen (secondary N) is 2. The fourth-order valence-corrected chi connectivity index (χ4v) is 3.41. The average Bonchev–Trinajstić information content (AvgIpc) is 3.41. The standard InChI is InChI=1S/C19H22N6O/c1-12-10-14(25-6-8-26-9-7-25)4-5-15(12)21-19-17-16(11-20-24-17)22-18(23-19)13-2-3-13/h4-5,10-11,13H,2-3,6-9H2,1H3,(H,20,24)(H,21,22,23). The number of aromatic amines is 1. The lowest BCUT2D eigenvalue weighted by molar-refractivity contribution is 0.122. The molecule has 1 aliphatic heterocycles. The molecule has 0 bridgehead atoms. The summed E-state index contributed by atoms with van der Waals surface area (Å²) in [5, 5.41) is 10.6. The summed E-state index contributed by atoms with van der Waals surface area (Å²) in [7, 11) is 0. The molecule has 0 spiro atoms. The minimum Gasteiger partial charge on any atom is -0.378 e. The number of nitrogens with zero attached hydrogens (tertiary/aromatic N) is 4. The summed E-state index contributed by atoms with van der Waals surface area (Å²) in [5.74, 6) is 2.22. The maximum Gasteiger partial charge on any atom is 0.160 e. The van der Waals surface area contributed by atoms with E-state index in [-0.39, 0.29) is 0 Å². The molecular formula is C19H22N6O. The van der Waals surface area contributed by atoms with Crippen molar-refractivity contribution >= 4 is 28.2 Å². The van der Waals surface area contributed by atoms with Gasteiger partial charge in [0.05, 0.1) is 19.4 Å². The molecule has 134 valence electrons. The van der Waals surface area contributed by atoms with Crippen molar-refractivity contribution in [3.63, 3.8) is 0 Å².